The van der Waals surface area contributed by atoms with Crippen LogP contribution in [0.1, 0.15) is 53.1 Å². The van der Waals surface area contributed by atoms with Gasteiger partial charge in [-0.3, -0.25) is 0 Å². The molecule has 1 aromatic rings. The molecule has 0 fully saturated rings. The number of nitrogens with one attached hydrogen (secondary N) is 1. The maximum absolute atomic E-state index is 4.74. The highest BCUT2D eigenvalue weighted by Gasteiger charge is 2.24. The van der Waals surface area contributed by atoms with Crippen LogP contribution in [0.3, 0.4) is 0 Å². The average molecular weight is 314 g/mol. The van der Waals surface area contributed by atoms with Crippen molar-refractivity contribution >= 4 is 21.7 Å². The van der Waals surface area contributed by atoms with Gasteiger partial charge >= 0.3 is 0 Å². The molecule has 3 nitrogen and oxygen atoms in total. The van der Waals surface area contributed by atoms with Gasteiger partial charge in [0.25, 0.3) is 0 Å². The van der Waals surface area contributed by atoms with Crippen LogP contribution >= 0.6 is 15.9 Å². The number of rotatable bonds is 2. The summed E-state index contributed by atoms with van der Waals surface area (Å²) in [6.07, 6.45) is 0.873. The fourth-order valence-corrected chi connectivity index (χ4v) is 2.68. The zero-order valence-electron chi connectivity index (χ0n) is 12.5. The molecule has 0 aliphatic heterocycles. The first-order chi connectivity index (χ1) is 8.04. The Morgan fingerprint density at radius 3 is 2.00 bits per heavy atom. The van der Waals surface area contributed by atoms with Gasteiger partial charge in [-0.15, -0.1) is 0 Å². The minimum absolute atomic E-state index is 0.00000756. The van der Waals surface area contributed by atoms with Crippen molar-refractivity contribution in [3.05, 3.63) is 16.0 Å². The van der Waals surface area contributed by atoms with Crippen LogP contribution in [0.4, 0.5) is 5.82 Å². The molecule has 4 heteroatoms. The Labute approximate surface area is 119 Å². The van der Waals surface area contributed by atoms with Crippen LogP contribution < -0.4 is 5.32 Å². The summed E-state index contributed by atoms with van der Waals surface area (Å²) in [5, 5.41) is 3.14. The predicted octanol–water partition coefficient (Wildman–Crippen LogP) is 4.17. The number of hydrogen-bond donors (Lipinski definition) is 1. The third-order valence-electron chi connectivity index (χ3n) is 2.53. The van der Waals surface area contributed by atoms with Crippen LogP contribution in [0, 0.1) is 5.41 Å². The third kappa shape index (κ3) is 3.94. The van der Waals surface area contributed by atoms with E-state index in [4.69, 9.17) is 4.98 Å². The SMILES string of the molecule is CNc1nc(CC(C)(C)C)nc(C(C)(C)C)c1Br. The highest BCUT2D eigenvalue weighted by Crippen LogP contribution is 2.33. The van der Waals surface area contributed by atoms with Gasteiger partial charge in [0.05, 0.1) is 10.2 Å². The van der Waals surface area contributed by atoms with Crippen molar-refractivity contribution in [2.24, 2.45) is 5.41 Å². The quantitative estimate of drug-likeness (QED) is 0.890. The summed E-state index contributed by atoms with van der Waals surface area (Å²) < 4.78 is 0.968. The number of aromatic nitrogens is 2. The molecule has 0 saturated carbocycles. The number of hydrogen-bond acceptors (Lipinski definition) is 3. The zero-order valence-corrected chi connectivity index (χ0v) is 14.1. The Hall–Kier alpha value is -0.640. The Morgan fingerprint density at radius 2 is 1.61 bits per heavy atom. The topological polar surface area (TPSA) is 37.8 Å². The van der Waals surface area contributed by atoms with E-state index in [1.807, 2.05) is 7.05 Å². The molecule has 1 N–H and O–H groups in total. The van der Waals surface area contributed by atoms with Crippen LogP contribution in [0.15, 0.2) is 4.47 Å². The summed E-state index contributed by atoms with van der Waals surface area (Å²) in [5.41, 5.74) is 1.25. The van der Waals surface area contributed by atoms with Crippen molar-refractivity contribution in [2.75, 3.05) is 12.4 Å². The van der Waals surface area contributed by atoms with Crippen molar-refractivity contribution < 1.29 is 0 Å². The van der Waals surface area contributed by atoms with Crippen molar-refractivity contribution in [3.8, 4) is 0 Å². The average Bonchev–Trinajstić information content (AvgIpc) is 2.16. The van der Waals surface area contributed by atoms with E-state index in [0.717, 1.165) is 28.2 Å². The van der Waals surface area contributed by atoms with Gasteiger partial charge in [0, 0.05) is 18.9 Å². The van der Waals surface area contributed by atoms with Gasteiger partial charge in [-0.25, -0.2) is 9.97 Å². The number of halogens is 1. The lowest BCUT2D eigenvalue weighted by molar-refractivity contribution is 0.398. The maximum Gasteiger partial charge on any atom is 0.144 e. The van der Waals surface area contributed by atoms with Crippen LogP contribution in [0.25, 0.3) is 0 Å². The van der Waals surface area contributed by atoms with Crippen molar-refractivity contribution in [3.63, 3.8) is 0 Å². The highest BCUT2D eigenvalue weighted by molar-refractivity contribution is 9.10. The zero-order chi connectivity index (χ0) is 14.1. The Balaban J connectivity index is 3.31. The summed E-state index contributed by atoms with van der Waals surface area (Å²) in [6.45, 7) is 13.1. The molecule has 0 radical (unpaired) electrons. The lowest BCUT2D eigenvalue weighted by atomic mass is 9.90. The van der Waals surface area contributed by atoms with E-state index < -0.39 is 0 Å². The third-order valence-corrected chi connectivity index (χ3v) is 3.28. The minimum atomic E-state index is 0.00000756. The molecular formula is C14H24BrN3. The Morgan fingerprint density at radius 1 is 1.06 bits per heavy atom. The second kappa shape index (κ2) is 5.16. The van der Waals surface area contributed by atoms with E-state index >= 15 is 0 Å². The molecule has 0 aliphatic rings. The Bertz CT molecular complexity index is 428. The fourth-order valence-electron chi connectivity index (χ4n) is 1.71. The minimum Gasteiger partial charge on any atom is -0.372 e. The molecule has 0 saturated heterocycles. The van der Waals surface area contributed by atoms with Crippen LogP contribution in [-0.4, -0.2) is 17.0 Å². The lowest BCUT2D eigenvalue weighted by Gasteiger charge is -2.23. The van der Waals surface area contributed by atoms with Gasteiger partial charge < -0.3 is 5.32 Å². The largest absolute Gasteiger partial charge is 0.372 e. The number of anilines is 1. The first-order valence-electron chi connectivity index (χ1n) is 6.29. The number of nitrogens with zero attached hydrogens (tertiary/aromatic N) is 2. The predicted molar refractivity (Wildman–Crippen MR) is 81.1 cm³/mol. The molecule has 102 valence electrons. The van der Waals surface area contributed by atoms with E-state index in [1.165, 1.54) is 0 Å². The second-order valence-corrected chi connectivity index (χ2v) is 7.68. The summed E-state index contributed by atoms with van der Waals surface area (Å²) in [5.74, 6) is 1.77. The first-order valence-corrected chi connectivity index (χ1v) is 7.08. The molecule has 0 atom stereocenters. The van der Waals surface area contributed by atoms with E-state index in [-0.39, 0.29) is 10.8 Å². The monoisotopic (exact) mass is 313 g/mol. The summed E-state index contributed by atoms with van der Waals surface area (Å²) in [6, 6.07) is 0. The molecule has 0 aromatic carbocycles. The standard InChI is InChI=1S/C14H24BrN3/c1-13(2,3)8-9-17-11(14(4,5)6)10(15)12(16-7)18-9/h8H2,1-7H3,(H,16,17,18). The molecular weight excluding hydrogens is 290 g/mol. The van der Waals surface area contributed by atoms with E-state index in [2.05, 4.69) is 67.8 Å². The lowest BCUT2D eigenvalue weighted by Crippen LogP contribution is -2.20. The van der Waals surface area contributed by atoms with Gasteiger partial charge in [0.15, 0.2) is 0 Å². The molecule has 0 aliphatic carbocycles. The molecule has 0 amide bonds. The fraction of sp³-hybridized carbons (Fsp3) is 0.714. The summed E-state index contributed by atoms with van der Waals surface area (Å²) in [7, 11) is 1.89. The summed E-state index contributed by atoms with van der Waals surface area (Å²) >= 11 is 3.60. The molecule has 1 rings (SSSR count). The smallest absolute Gasteiger partial charge is 0.144 e. The van der Waals surface area contributed by atoms with Gasteiger partial charge in [0.2, 0.25) is 0 Å². The van der Waals surface area contributed by atoms with E-state index in [9.17, 15) is 0 Å². The normalized spacial score (nSPS) is 12.7. The molecule has 1 heterocycles. The van der Waals surface area contributed by atoms with Crippen LogP contribution in [0.5, 0.6) is 0 Å². The molecule has 18 heavy (non-hydrogen) atoms. The van der Waals surface area contributed by atoms with Crippen molar-refractivity contribution in [1.29, 1.82) is 0 Å². The summed E-state index contributed by atoms with van der Waals surface area (Å²) in [4.78, 5) is 9.32. The molecule has 1 aromatic heterocycles. The maximum atomic E-state index is 4.74. The van der Waals surface area contributed by atoms with Crippen molar-refractivity contribution in [2.45, 2.75) is 53.4 Å². The van der Waals surface area contributed by atoms with Gasteiger partial charge in [-0.2, -0.15) is 0 Å². The molecule has 0 bridgehead atoms. The second-order valence-electron chi connectivity index (χ2n) is 6.89. The van der Waals surface area contributed by atoms with Gasteiger partial charge in [-0.1, -0.05) is 41.5 Å². The highest BCUT2D eigenvalue weighted by atomic mass is 79.9. The van der Waals surface area contributed by atoms with Crippen molar-refractivity contribution in [1.82, 2.24) is 9.97 Å². The van der Waals surface area contributed by atoms with Crippen LogP contribution in [-0.2, 0) is 11.8 Å². The van der Waals surface area contributed by atoms with Gasteiger partial charge in [0.1, 0.15) is 11.6 Å². The van der Waals surface area contributed by atoms with E-state index in [0.29, 0.717) is 0 Å². The molecule has 0 unspecified atom stereocenters. The van der Waals surface area contributed by atoms with E-state index in [1.54, 1.807) is 0 Å². The Kier molecular flexibility index (Phi) is 4.42. The van der Waals surface area contributed by atoms with Gasteiger partial charge in [-0.05, 0) is 21.3 Å². The first kappa shape index (κ1) is 15.4. The van der Waals surface area contributed by atoms with Crippen LogP contribution in [0.2, 0.25) is 0 Å². The molecule has 0 spiro atoms.